The van der Waals surface area contributed by atoms with Crippen LogP contribution in [0.15, 0.2) is 80.1 Å². The number of benzene rings is 2. The molecule has 12 heteroatoms. The smallest absolute Gasteiger partial charge is 0.338 e. The number of ether oxygens (including phenoxy) is 2. The lowest BCUT2D eigenvalue weighted by molar-refractivity contribution is -0.387. The van der Waals surface area contributed by atoms with Crippen LogP contribution in [0.4, 0.5) is 10.1 Å². The van der Waals surface area contributed by atoms with Crippen LogP contribution in [-0.2, 0) is 9.53 Å². The van der Waals surface area contributed by atoms with E-state index in [0.717, 1.165) is 23.5 Å². The van der Waals surface area contributed by atoms with Crippen LogP contribution in [0, 0.1) is 15.9 Å². The summed E-state index contributed by atoms with van der Waals surface area (Å²) in [5, 5.41) is 11.1. The molecule has 0 saturated heterocycles. The van der Waals surface area contributed by atoms with Gasteiger partial charge in [0.15, 0.2) is 4.80 Å². The Hall–Kier alpha value is -4.84. The van der Waals surface area contributed by atoms with Crippen LogP contribution in [0.25, 0.3) is 17.4 Å². The minimum absolute atomic E-state index is 0.255. The van der Waals surface area contributed by atoms with E-state index in [0.29, 0.717) is 44.3 Å². The first-order chi connectivity index (χ1) is 20.1. The molecule has 1 atom stereocenters. The van der Waals surface area contributed by atoms with Crippen LogP contribution in [0.5, 0.6) is 5.75 Å². The standard InChI is InChI=1S/C30H26FN3O7S/c1-5-39-20-9-6-18(7-10-20)27-26(29(36)40-16(2)3)17(4)32-30-33(27)28(35)25(42-30)15-21-11-13-24(41-21)19-8-12-22(31)23(14-19)34(37)38/h6-16,27H,5H2,1-4H3/b25-15+/t27-/m1/s1. The van der Waals surface area contributed by atoms with E-state index >= 15 is 0 Å². The maximum absolute atomic E-state index is 13.8. The number of hydrogen-bond acceptors (Lipinski definition) is 9. The molecular weight excluding hydrogens is 565 g/mol. The summed E-state index contributed by atoms with van der Waals surface area (Å²) in [6.07, 6.45) is 1.16. The first-order valence-corrected chi connectivity index (χ1v) is 13.9. The van der Waals surface area contributed by atoms with Crippen molar-refractivity contribution in [2.45, 2.75) is 39.8 Å². The minimum Gasteiger partial charge on any atom is -0.494 e. The molecule has 0 unspecified atom stereocenters. The summed E-state index contributed by atoms with van der Waals surface area (Å²) in [4.78, 5) is 42.4. The number of rotatable bonds is 8. The van der Waals surface area contributed by atoms with E-state index in [1.54, 1.807) is 57.2 Å². The van der Waals surface area contributed by atoms with Gasteiger partial charge in [-0.2, -0.15) is 4.39 Å². The molecular formula is C30H26FN3O7S. The molecule has 0 fully saturated rings. The molecule has 0 amide bonds. The van der Waals surface area contributed by atoms with Gasteiger partial charge in [0.1, 0.15) is 17.3 Å². The monoisotopic (exact) mass is 591 g/mol. The van der Waals surface area contributed by atoms with Crippen LogP contribution >= 0.6 is 11.3 Å². The highest BCUT2D eigenvalue weighted by Gasteiger charge is 2.34. The molecule has 2 aromatic carbocycles. The van der Waals surface area contributed by atoms with Gasteiger partial charge >= 0.3 is 11.7 Å². The van der Waals surface area contributed by atoms with Gasteiger partial charge in [0.05, 0.1) is 39.5 Å². The molecule has 1 aliphatic heterocycles. The lowest BCUT2D eigenvalue weighted by Gasteiger charge is -2.25. The molecule has 0 N–H and O–H groups in total. The first-order valence-electron chi connectivity index (χ1n) is 13.1. The lowest BCUT2D eigenvalue weighted by Crippen LogP contribution is -2.40. The summed E-state index contributed by atoms with van der Waals surface area (Å²) in [5.74, 6) is -0.302. The zero-order valence-corrected chi connectivity index (χ0v) is 23.9. The Morgan fingerprint density at radius 3 is 2.62 bits per heavy atom. The molecule has 2 aromatic heterocycles. The summed E-state index contributed by atoms with van der Waals surface area (Å²) in [6, 6.07) is 13.0. The van der Waals surface area contributed by atoms with Gasteiger partial charge in [0, 0.05) is 17.7 Å². The number of hydrogen-bond donors (Lipinski definition) is 0. The van der Waals surface area contributed by atoms with Gasteiger partial charge < -0.3 is 13.9 Å². The van der Waals surface area contributed by atoms with Crippen molar-refractivity contribution in [1.82, 2.24) is 4.57 Å². The largest absolute Gasteiger partial charge is 0.494 e. The number of aromatic nitrogens is 1. The number of halogens is 1. The quantitative estimate of drug-likeness (QED) is 0.162. The molecule has 216 valence electrons. The number of furan rings is 1. The third-order valence-corrected chi connectivity index (χ3v) is 7.40. The second-order valence-electron chi connectivity index (χ2n) is 9.66. The topological polar surface area (TPSA) is 126 Å². The van der Waals surface area contributed by atoms with E-state index in [4.69, 9.17) is 13.9 Å². The highest BCUT2D eigenvalue weighted by atomic mass is 32.1. The zero-order chi connectivity index (χ0) is 30.1. The Balaban J connectivity index is 1.60. The van der Waals surface area contributed by atoms with E-state index < -0.39 is 34.0 Å². The molecule has 0 bridgehead atoms. The Morgan fingerprint density at radius 1 is 1.21 bits per heavy atom. The first kappa shape index (κ1) is 28.7. The van der Waals surface area contributed by atoms with E-state index in [9.17, 15) is 24.1 Å². The average molecular weight is 592 g/mol. The van der Waals surface area contributed by atoms with Crippen molar-refractivity contribution in [1.29, 1.82) is 0 Å². The molecule has 5 rings (SSSR count). The van der Waals surface area contributed by atoms with Gasteiger partial charge in [0.2, 0.25) is 5.82 Å². The highest BCUT2D eigenvalue weighted by molar-refractivity contribution is 7.07. The van der Waals surface area contributed by atoms with Crippen LogP contribution in [0.1, 0.15) is 45.1 Å². The number of thiazole rings is 1. The summed E-state index contributed by atoms with van der Waals surface area (Å²) in [6.45, 7) is 7.57. The predicted octanol–water partition coefficient (Wildman–Crippen LogP) is 4.89. The van der Waals surface area contributed by atoms with Gasteiger partial charge in [-0.1, -0.05) is 23.5 Å². The van der Waals surface area contributed by atoms with Crippen molar-refractivity contribution in [2.75, 3.05) is 6.61 Å². The molecule has 42 heavy (non-hydrogen) atoms. The van der Waals surface area contributed by atoms with E-state index in [1.807, 2.05) is 6.92 Å². The van der Waals surface area contributed by atoms with Gasteiger partial charge in [-0.05, 0) is 69.7 Å². The molecule has 0 radical (unpaired) electrons. The molecule has 1 aliphatic rings. The van der Waals surface area contributed by atoms with E-state index in [1.165, 1.54) is 16.7 Å². The van der Waals surface area contributed by atoms with Crippen LogP contribution in [0.2, 0.25) is 0 Å². The molecule has 0 spiro atoms. The Bertz CT molecular complexity index is 1900. The number of allylic oxidation sites excluding steroid dienone is 1. The predicted molar refractivity (Wildman–Crippen MR) is 153 cm³/mol. The molecule has 0 aliphatic carbocycles. The summed E-state index contributed by atoms with van der Waals surface area (Å²) >= 11 is 1.13. The van der Waals surface area contributed by atoms with Crippen molar-refractivity contribution >= 4 is 29.1 Å². The number of nitrogens with zero attached hydrogens (tertiary/aromatic N) is 3. The molecule has 10 nitrogen and oxygen atoms in total. The molecule has 4 aromatic rings. The molecule has 3 heterocycles. The number of carbonyl (C=O) groups excluding carboxylic acids is 1. The van der Waals surface area contributed by atoms with E-state index in [-0.39, 0.29) is 17.4 Å². The summed E-state index contributed by atoms with van der Waals surface area (Å²) in [5.41, 5.74) is 0.610. The fraction of sp³-hybridized carbons (Fsp3) is 0.233. The number of nitro groups is 1. The number of nitro benzene ring substituents is 1. The van der Waals surface area contributed by atoms with Crippen LogP contribution in [0.3, 0.4) is 0 Å². The SMILES string of the molecule is CCOc1ccc([C@@H]2C(C(=O)OC(C)C)=C(C)N=c3s/c(=C/c4ccc(-c5ccc(F)c([N+](=O)[O-])c5)o4)c(=O)n32)cc1. The van der Waals surface area contributed by atoms with Crippen molar-refractivity contribution in [3.63, 3.8) is 0 Å². The van der Waals surface area contributed by atoms with Crippen molar-refractivity contribution < 1.29 is 28.0 Å². The number of fused-ring (bicyclic) bond motifs is 1. The third-order valence-electron chi connectivity index (χ3n) is 6.42. The fourth-order valence-electron chi connectivity index (χ4n) is 4.61. The molecule has 0 saturated carbocycles. The van der Waals surface area contributed by atoms with Gasteiger partial charge in [0.25, 0.3) is 5.56 Å². The highest BCUT2D eigenvalue weighted by Crippen LogP contribution is 2.32. The Labute approximate surface area is 242 Å². The van der Waals surface area contributed by atoms with Crippen LogP contribution < -0.4 is 19.6 Å². The van der Waals surface area contributed by atoms with Crippen molar-refractivity contribution in [2.24, 2.45) is 4.99 Å². The van der Waals surface area contributed by atoms with Crippen molar-refractivity contribution in [3.05, 3.63) is 113 Å². The minimum atomic E-state index is -0.953. The number of carbonyl (C=O) groups is 1. The number of esters is 1. The Kier molecular flexibility index (Phi) is 7.90. The fourth-order valence-corrected chi connectivity index (χ4v) is 5.64. The average Bonchev–Trinajstić information content (AvgIpc) is 3.52. The maximum atomic E-state index is 13.8. The van der Waals surface area contributed by atoms with E-state index in [2.05, 4.69) is 4.99 Å². The van der Waals surface area contributed by atoms with Crippen LogP contribution in [-0.4, -0.2) is 28.2 Å². The summed E-state index contributed by atoms with van der Waals surface area (Å²) < 4.78 is 32.5. The van der Waals surface area contributed by atoms with Gasteiger partial charge in [-0.3, -0.25) is 19.5 Å². The zero-order valence-electron chi connectivity index (χ0n) is 23.1. The Morgan fingerprint density at radius 2 is 1.95 bits per heavy atom. The summed E-state index contributed by atoms with van der Waals surface area (Å²) in [7, 11) is 0. The van der Waals surface area contributed by atoms with Gasteiger partial charge in [-0.15, -0.1) is 0 Å². The third kappa shape index (κ3) is 5.53. The van der Waals surface area contributed by atoms with Crippen molar-refractivity contribution in [3.8, 4) is 17.1 Å². The second kappa shape index (κ2) is 11.6. The maximum Gasteiger partial charge on any atom is 0.338 e. The normalized spacial score (nSPS) is 15.0. The second-order valence-corrected chi connectivity index (χ2v) is 10.7. The van der Waals surface area contributed by atoms with Gasteiger partial charge in [-0.25, -0.2) is 9.79 Å². The lowest BCUT2D eigenvalue weighted by atomic mass is 9.96.